The van der Waals surface area contributed by atoms with Gasteiger partial charge in [-0.15, -0.1) is 0 Å². The molecule has 1 heterocycles. The summed E-state index contributed by atoms with van der Waals surface area (Å²) in [6.07, 6.45) is 1.68. The van der Waals surface area contributed by atoms with Crippen LogP contribution in [-0.2, 0) is 11.2 Å². The van der Waals surface area contributed by atoms with Crippen LogP contribution in [0.3, 0.4) is 0 Å². The van der Waals surface area contributed by atoms with Crippen LogP contribution in [0.5, 0.6) is 5.75 Å². The molecule has 5 nitrogen and oxygen atoms in total. The van der Waals surface area contributed by atoms with Gasteiger partial charge in [0.05, 0.1) is 31.1 Å². The number of nitrogen functional groups attached to an aromatic ring is 1. The highest BCUT2D eigenvalue weighted by atomic mass is 35.5. The Morgan fingerprint density at radius 1 is 1.43 bits per heavy atom. The molecule has 0 aliphatic carbocycles. The SMILES string of the molecule is COc1cc(Cl)c(C)cc1NC(=O)Cc1ccc(N)cn1. The zero-order valence-corrected chi connectivity index (χ0v) is 12.6. The number of benzene rings is 1. The van der Waals surface area contributed by atoms with Crippen LogP contribution in [0, 0.1) is 6.92 Å². The number of nitrogens with two attached hydrogens (primary N) is 1. The number of hydrogen-bond donors (Lipinski definition) is 2. The highest BCUT2D eigenvalue weighted by Gasteiger charge is 2.11. The van der Waals surface area contributed by atoms with Gasteiger partial charge in [-0.25, -0.2) is 0 Å². The van der Waals surface area contributed by atoms with Crippen LogP contribution in [0.2, 0.25) is 5.02 Å². The zero-order chi connectivity index (χ0) is 15.4. The smallest absolute Gasteiger partial charge is 0.230 e. The lowest BCUT2D eigenvalue weighted by molar-refractivity contribution is -0.115. The zero-order valence-electron chi connectivity index (χ0n) is 11.8. The van der Waals surface area contributed by atoms with Crippen LogP contribution >= 0.6 is 11.6 Å². The second-order valence-corrected chi connectivity index (χ2v) is 5.02. The molecule has 0 spiro atoms. The van der Waals surface area contributed by atoms with E-state index >= 15 is 0 Å². The minimum Gasteiger partial charge on any atom is -0.495 e. The number of nitrogens with zero attached hydrogens (tertiary/aromatic N) is 1. The van der Waals surface area contributed by atoms with Gasteiger partial charge in [0, 0.05) is 16.8 Å². The summed E-state index contributed by atoms with van der Waals surface area (Å²) in [4.78, 5) is 16.2. The molecule has 0 fully saturated rings. The molecule has 3 N–H and O–H groups in total. The van der Waals surface area contributed by atoms with Gasteiger partial charge in [0.1, 0.15) is 5.75 Å². The Morgan fingerprint density at radius 3 is 2.81 bits per heavy atom. The predicted octanol–water partition coefficient (Wildman–Crippen LogP) is 2.82. The number of halogens is 1. The van der Waals surface area contributed by atoms with Crippen molar-refractivity contribution in [3.8, 4) is 5.75 Å². The molecule has 1 aromatic heterocycles. The number of hydrogen-bond acceptors (Lipinski definition) is 4. The molecule has 6 heteroatoms. The Hall–Kier alpha value is -2.27. The monoisotopic (exact) mass is 305 g/mol. The first-order chi connectivity index (χ1) is 9.99. The maximum absolute atomic E-state index is 12.1. The van der Waals surface area contributed by atoms with Crippen LogP contribution < -0.4 is 15.8 Å². The van der Waals surface area contributed by atoms with E-state index in [4.69, 9.17) is 22.1 Å². The van der Waals surface area contributed by atoms with Crippen molar-refractivity contribution in [3.05, 3.63) is 46.7 Å². The van der Waals surface area contributed by atoms with Crippen molar-refractivity contribution in [3.63, 3.8) is 0 Å². The maximum atomic E-state index is 12.1. The van der Waals surface area contributed by atoms with Crippen LogP contribution in [0.4, 0.5) is 11.4 Å². The fourth-order valence-corrected chi connectivity index (χ4v) is 1.98. The van der Waals surface area contributed by atoms with E-state index < -0.39 is 0 Å². The summed E-state index contributed by atoms with van der Waals surface area (Å²) in [7, 11) is 1.53. The minimum absolute atomic E-state index is 0.158. The molecule has 1 amide bonds. The number of pyridine rings is 1. The number of carbonyl (C=O) groups is 1. The molecule has 0 bridgehead atoms. The Labute approximate surface area is 128 Å². The van der Waals surface area contributed by atoms with E-state index in [2.05, 4.69) is 10.3 Å². The highest BCUT2D eigenvalue weighted by Crippen LogP contribution is 2.30. The van der Waals surface area contributed by atoms with E-state index in [1.165, 1.54) is 13.3 Å². The summed E-state index contributed by atoms with van der Waals surface area (Å²) >= 11 is 6.03. The lowest BCUT2D eigenvalue weighted by Gasteiger charge is -2.12. The molecule has 2 aromatic rings. The normalized spacial score (nSPS) is 10.2. The predicted molar refractivity (Wildman–Crippen MR) is 83.7 cm³/mol. The number of aromatic nitrogens is 1. The van der Waals surface area contributed by atoms with Crippen molar-refractivity contribution in [2.45, 2.75) is 13.3 Å². The Bertz CT molecular complexity index is 657. The number of nitrogens with one attached hydrogen (secondary N) is 1. The van der Waals surface area contributed by atoms with Crippen molar-refractivity contribution in [2.24, 2.45) is 0 Å². The van der Waals surface area contributed by atoms with Gasteiger partial charge < -0.3 is 15.8 Å². The van der Waals surface area contributed by atoms with E-state index in [9.17, 15) is 4.79 Å². The first-order valence-electron chi connectivity index (χ1n) is 6.34. The van der Waals surface area contributed by atoms with Gasteiger partial charge in [-0.1, -0.05) is 11.6 Å². The Kier molecular flexibility index (Phi) is 4.65. The number of carbonyl (C=O) groups excluding carboxylic acids is 1. The van der Waals surface area contributed by atoms with E-state index in [1.807, 2.05) is 6.92 Å². The molecule has 0 saturated heterocycles. The second-order valence-electron chi connectivity index (χ2n) is 4.61. The fraction of sp³-hybridized carbons (Fsp3) is 0.200. The molecule has 1 aromatic carbocycles. The van der Waals surface area contributed by atoms with Gasteiger partial charge in [0.15, 0.2) is 0 Å². The number of anilines is 2. The molecule has 0 aliphatic rings. The molecule has 21 heavy (non-hydrogen) atoms. The van der Waals surface area contributed by atoms with E-state index in [0.717, 1.165) is 5.56 Å². The summed E-state index contributed by atoms with van der Waals surface area (Å²) in [5.74, 6) is 0.330. The first kappa shape index (κ1) is 15.1. The molecular weight excluding hydrogens is 290 g/mol. The van der Waals surface area contributed by atoms with Gasteiger partial charge in [-0.05, 0) is 30.7 Å². The highest BCUT2D eigenvalue weighted by molar-refractivity contribution is 6.31. The largest absolute Gasteiger partial charge is 0.495 e. The minimum atomic E-state index is -0.188. The standard InChI is InChI=1S/C15H16ClN3O2/c1-9-5-13(14(21-2)7-12(9)16)19-15(20)6-11-4-3-10(17)8-18-11/h3-5,7-8H,6,17H2,1-2H3,(H,19,20). The summed E-state index contributed by atoms with van der Waals surface area (Å²) in [6, 6.07) is 6.88. The number of methoxy groups -OCH3 is 1. The molecule has 0 radical (unpaired) electrons. The van der Waals surface area contributed by atoms with Crippen molar-refractivity contribution < 1.29 is 9.53 Å². The summed E-state index contributed by atoms with van der Waals surface area (Å²) in [6.45, 7) is 1.86. The topological polar surface area (TPSA) is 77.2 Å². The fourth-order valence-electron chi connectivity index (χ4n) is 1.83. The quantitative estimate of drug-likeness (QED) is 0.910. The number of aryl methyl sites for hydroxylation is 1. The van der Waals surface area contributed by atoms with Crippen molar-refractivity contribution in [1.82, 2.24) is 4.98 Å². The third-order valence-electron chi connectivity index (χ3n) is 2.94. The third kappa shape index (κ3) is 3.86. The van der Waals surface area contributed by atoms with Gasteiger partial charge in [0.2, 0.25) is 5.91 Å². The third-order valence-corrected chi connectivity index (χ3v) is 3.35. The van der Waals surface area contributed by atoms with Crippen LogP contribution in [0.1, 0.15) is 11.3 Å². The van der Waals surface area contributed by atoms with Crippen LogP contribution in [0.15, 0.2) is 30.5 Å². The first-order valence-corrected chi connectivity index (χ1v) is 6.72. The summed E-state index contributed by atoms with van der Waals surface area (Å²) < 4.78 is 5.22. The molecule has 0 saturated carbocycles. The van der Waals surface area contributed by atoms with Crippen LogP contribution in [-0.4, -0.2) is 18.0 Å². The number of ether oxygens (including phenoxy) is 1. The van der Waals surface area contributed by atoms with E-state index in [0.29, 0.717) is 27.8 Å². The molecule has 110 valence electrons. The summed E-state index contributed by atoms with van der Waals surface area (Å²) in [5, 5.41) is 3.39. The average molecular weight is 306 g/mol. The lowest BCUT2D eigenvalue weighted by atomic mass is 10.2. The van der Waals surface area contributed by atoms with Gasteiger partial charge in [0.25, 0.3) is 0 Å². The van der Waals surface area contributed by atoms with Crippen molar-refractivity contribution in [1.29, 1.82) is 0 Å². The molecule has 2 rings (SSSR count). The average Bonchev–Trinajstić information content (AvgIpc) is 2.45. The maximum Gasteiger partial charge on any atom is 0.230 e. The number of amides is 1. The van der Waals surface area contributed by atoms with E-state index in [-0.39, 0.29) is 12.3 Å². The van der Waals surface area contributed by atoms with Crippen molar-refractivity contribution >= 4 is 28.9 Å². The summed E-state index contributed by atoms with van der Waals surface area (Å²) in [5.41, 5.74) is 8.21. The molecule has 0 unspecified atom stereocenters. The Balaban J connectivity index is 2.12. The van der Waals surface area contributed by atoms with Gasteiger partial charge >= 0.3 is 0 Å². The van der Waals surface area contributed by atoms with E-state index in [1.54, 1.807) is 24.3 Å². The van der Waals surface area contributed by atoms with Gasteiger partial charge in [-0.3, -0.25) is 9.78 Å². The molecule has 0 atom stereocenters. The molecule has 0 aliphatic heterocycles. The second kappa shape index (κ2) is 6.45. The van der Waals surface area contributed by atoms with Crippen molar-refractivity contribution in [2.75, 3.05) is 18.2 Å². The number of rotatable bonds is 4. The van der Waals surface area contributed by atoms with Gasteiger partial charge in [-0.2, -0.15) is 0 Å². The Morgan fingerprint density at radius 2 is 2.19 bits per heavy atom. The molecular formula is C15H16ClN3O2. The lowest BCUT2D eigenvalue weighted by Crippen LogP contribution is -2.16. The van der Waals surface area contributed by atoms with Crippen LogP contribution in [0.25, 0.3) is 0 Å².